The maximum atomic E-state index is 5.85. The van der Waals surface area contributed by atoms with Gasteiger partial charge in [0.25, 0.3) is 0 Å². The molecule has 0 aliphatic carbocycles. The number of rotatable bonds is 12. The van der Waals surface area contributed by atoms with Gasteiger partial charge in [-0.15, -0.1) is 0 Å². The topological polar surface area (TPSA) is 70.5 Å². The summed E-state index contributed by atoms with van der Waals surface area (Å²) in [5.74, 6) is 1.69. The molecule has 4 aromatic carbocycles. The lowest BCUT2D eigenvalue weighted by Gasteiger charge is -2.19. The second-order valence-corrected chi connectivity index (χ2v) is 8.51. The standard InChI is InChI=1S/C32H34N2O2/c33-21-7-23-35-29-17-13-27(14-18-29)31(25-9-3-1-4-10-25)32(26-11-5-2-6-12-26)28-15-19-30(20-16-28)36-24-8-22-34/h1-6,9-20H,7-8,21-24,33-34H2/b32-31-. The van der Waals surface area contributed by atoms with Crippen LogP contribution in [0.1, 0.15) is 35.1 Å². The molecule has 0 atom stereocenters. The highest BCUT2D eigenvalue weighted by molar-refractivity contribution is 6.04. The second-order valence-electron chi connectivity index (χ2n) is 8.51. The molecule has 0 bridgehead atoms. The van der Waals surface area contributed by atoms with Gasteiger partial charge in [0, 0.05) is 0 Å². The first-order valence-electron chi connectivity index (χ1n) is 12.5. The molecule has 0 radical (unpaired) electrons. The van der Waals surface area contributed by atoms with Crippen molar-refractivity contribution in [3.63, 3.8) is 0 Å². The monoisotopic (exact) mass is 478 g/mol. The Balaban J connectivity index is 1.82. The average molecular weight is 479 g/mol. The van der Waals surface area contributed by atoms with E-state index in [-0.39, 0.29) is 0 Å². The minimum absolute atomic E-state index is 0.617. The molecule has 4 rings (SSSR count). The van der Waals surface area contributed by atoms with E-state index in [0.717, 1.165) is 57.7 Å². The summed E-state index contributed by atoms with van der Waals surface area (Å²) in [4.78, 5) is 0. The van der Waals surface area contributed by atoms with Crippen LogP contribution < -0.4 is 20.9 Å². The second kappa shape index (κ2) is 13.3. The lowest BCUT2D eigenvalue weighted by atomic mass is 9.86. The number of ether oxygens (including phenoxy) is 2. The van der Waals surface area contributed by atoms with Gasteiger partial charge in [-0.1, -0.05) is 84.9 Å². The van der Waals surface area contributed by atoms with Crippen LogP contribution in [0.2, 0.25) is 0 Å². The Kier molecular flexibility index (Phi) is 9.32. The molecular weight excluding hydrogens is 444 g/mol. The van der Waals surface area contributed by atoms with E-state index in [4.69, 9.17) is 20.9 Å². The molecule has 36 heavy (non-hydrogen) atoms. The Hall–Kier alpha value is -3.86. The zero-order chi connectivity index (χ0) is 25.0. The molecular formula is C32H34N2O2. The van der Waals surface area contributed by atoms with Gasteiger partial charge in [-0.2, -0.15) is 0 Å². The van der Waals surface area contributed by atoms with E-state index in [1.165, 1.54) is 0 Å². The van der Waals surface area contributed by atoms with Crippen LogP contribution >= 0.6 is 0 Å². The Morgan fingerprint density at radius 3 is 1.11 bits per heavy atom. The predicted molar refractivity (Wildman–Crippen MR) is 149 cm³/mol. The van der Waals surface area contributed by atoms with Crippen molar-refractivity contribution in [1.29, 1.82) is 0 Å². The van der Waals surface area contributed by atoms with Crippen molar-refractivity contribution in [3.8, 4) is 11.5 Å². The van der Waals surface area contributed by atoms with Crippen molar-refractivity contribution in [1.82, 2.24) is 0 Å². The maximum absolute atomic E-state index is 5.85. The maximum Gasteiger partial charge on any atom is 0.119 e. The molecule has 0 spiro atoms. The SMILES string of the molecule is NCCCOc1ccc(/C(=C(/c2ccccc2)c2ccc(OCCCN)cc2)c2ccccc2)cc1. The molecule has 0 aromatic heterocycles. The molecule has 4 aromatic rings. The molecule has 0 saturated heterocycles. The van der Waals surface area contributed by atoms with Gasteiger partial charge in [-0.05, 0) is 83.6 Å². The van der Waals surface area contributed by atoms with E-state index in [1.807, 2.05) is 36.4 Å². The number of benzene rings is 4. The van der Waals surface area contributed by atoms with Crippen molar-refractivity contribution in [2.24, 2.45) is 11.5 Å². The van der Waals surface area contributed by atoms with E-state index in [0.29, 0.717) is 26.3 Å². The fourth-order valence-corrected chi connectivity index (χ4v) is 4.10. The summed E-state index contributed by atoms with van der Waals surface area (Å²) in [5.41, 5.74) is 18.1. The van der Waals surface area contributed by atoms with Crippen molar-refractivity contribution >= 4 is 11.1 Å². The van der Waals surface area contributed by atoms with E-state index in [9.17, 15) is 0 Å². The Morgan fingerprint density at radius 1 is 0.444 bits per heavy atom. The van der Waals surface area contributed by atoms with Crippen LogP contribution in [0.3, 0.4) is 0 Å². The average Bonchev–Trinajstić information content (AvgIpc) is 2.94. The van der Waals surface area contributed by atoms with Gasteiger partial charge in [0.05, 0.1) is 13.2 Å². The summed E-state index contributed by atoms with van der Waals surface area (Å²) >= 11 is 0. The highest BCUT2D eigenvalue weighted by atomic mass is 16.5. The molecule has 4 heteroatoms. The van der Waals surface area contributed by atoms with E-state index < -0.39 is 0 Å². The van der Waals surface area contributed by atoms with Crippen LogP contribution in [0.15, 0.2) is 109 Å². The molecule has 184 valence electrons. The zero-order valence-corrected chi connectivity index (χ0v) is 20.6. The highest BCUT2D eigenvalue weighted by Gasteiger charge is 2.16. The first-order chi connectivity index (χ1) is 17.8. The van der Waals surface area contributed by atoms with Crippen LogP contribution in [-0.4, -0.2) is 26.3 Å². The third-order valence-electron chi connectivity index (χ3n) is 5.90. The minimum atomic E-state index is 0.617. The van der Waals surface area contributed by atoms with Crippen molar-refractivity contribution < 1.29 is 9.47 Å². The van der Waals surface area contributed by atoms with Crippen molar-refractivity contribution in [3.05, 3.63) is 131 Å². The van der Waals surface area contributed by atoms with E-state index in [1.54, 1.807) is 0 Å². The number of nitrogens with two attached hydrogens (primary N) is 2. The predicted octanol–water partition coefficient (Wildman–Crippen LogP) is 6.15. The Labute approximate surface area is 214 Å². The largest absolute Gasteiger partial charge is 0.494 e. The van der Waals surface area contributed by atoms with Crippen LogP contribution in [0.4, 0.5) is 0 Å². The van der Waals surface area contributed by atoms with Gasteiger partial charge in [0.1, 0.15) is 11.5 Å². The van der Waals surface area contributed by atoms with Gasteiger partial charge < -0.3 is 20.9 Å². The van der Waals surface area contributed by atoms with Crippen molar-refractivity contribution in [2.75, 3.05) is 26.3 Å². The number of hydrogen-bond acceptors (Lipinski definition) is 4. The summed E-state index contributed by atoms with van der Waals surface area (Å²) < 4.78 is 11.7. The lowest BCUT2D eigenvalue weighted by molar-refractivity contribution is 0.313. The van der Waals surface area contributed by atoms with E-state index in [2.05, 4.69) is 72.8 Å². The van der Waals surface area contributed by atoms with Gasteiger partial charge in [-0.25, -0.2) is 0 Å². The number of hydrogen-bond donors (Lipinski definition) is 2. The third-order valence-corrected chi connectivity index (χ3v) is 5.90. The summed E-state index contributed by atoms with van der Waals surface area (Å²) in [5, 5.41) is 0. The summed E-state index contributed by atoms with van der Waals surface area (Å²) in [7, 11) is 0. The fraction of sp³-hybridized carbons (Fsp3) is 0.188. The molecule has 0 fully saturated rings. The lowest BCUT2D eigenvalue weighted by Crippen LogP contribution is -2.06. The van der Waals surface area contributed by atoms with E-state index >= 15 is 0 Å². The third kappa shape index (κ3) is 6.63. The summed E-state index contributed by atoms with van der Waals surface area (Å²) in [6, 6.07) is 37.7. The molecule has 4 N–H and O–H groups in total. The van der Waals surface area contributed by atoms with Crippen molar-refractivity contribution in [2.45, 2.75) is 12.8 Å². The van der Waals surface area contributed by atoms with Crippen LogP contribution in [0.25, 0.3) is 11.1 Å². The zero-order valence-electron chi connectivity index (χ0n) is 20.6. The molecule has 0 amide bonds. The highest BCUT2D eigenvalue weighted by Crippen LogP contribution is 2.37. The molecule has 0 unspecified atom stereocenters. The Bertz CT molecular complexity index is 1120. The van der Waals surface area contributed by atoms with Gasteiger partial charge in [0.15, 0.2) is 0 Å². The van der Waals surface area contributed by atoms with Crippen LogP contribution in [0.5, 0.6) is 11.5 Å². The molecule has 0 aliphatic rings. The first-order valence-corrected chi connectivity index (χ1v) is 12.5. The summed E-state index contributed by atoms with van der Waals surface area (Å²) in [6.45, 7) is 2.48. The van der Waals surface area contributed by atoms with Gasteiger partial charge in [0.2, 0.25) is 0 Å². The fourth-order valence-electron chi connectivity index (χ4n) is 4.10. The minimum Gasteiger partial charge on any atom is -0.494 e. The molecule has 0 aliphatic heterocycles. The molecule has 0 saturated carbocycles. The molecule has 4 nitrogen and oxygen atoms in total. The van der Waals surface area contributed by atoms with Crippen LogP contribution in [0, 0.1) is 0 Å². The first kappa shape index (κ1) is 25.2. The summed E-state index contributed by atoms with van der Waals surface area (Å²) in [6.07, 6.45) is 1.67. The normalized spacial score (nSPS) is 11.6. The van der Waals surface area contributed by atoms with Crippen LogP contribution in [-0.2, 0) is 0 Å². The van der Waals surface area contributed by atoms with Gasteiger partial charge >= 0.3 is 0 Å². The quantitative estimate of drug-likeness (QED) is 0.189. The Morgan fingerprint density at radius 2 is 0.778 bits per heavy atom. The van der Waals surface area contributed by atoms with Gasteiger partial charge in [-0.3, -0.25) is 0 Å². The smallest absolute Gasteiger partial charge is 0.119 e. The molecule has 0 heterocycles.